The van der Waals surface area contributed by atoms with Gasteiger partial charge in [-0.25, -0.2) is 0 Å². The predicted octanol–water partition coefficient (Wildman–Crippen LogP) is 2.99. The molecule has 2 aromatic rings. The van der Waals surface area contributed by atoms with Gasteiger partial charge in [0.2, 0.25) is 5.91 Å². The SMILES string of the molecule is Cc1ccccc1[C@H]1CN(C(=O)C[C@@H](N)c2ccccc2)CCO1. The lowest BCUT2D eigenvalue weighted by Crippen LogP contribution is -2.43. The molecule has 1 aliphatic heterocycles. The summed E-state index contributed by atoms with van der Waals surface area (Å²) in [5.74, 6) is 0.0910. The van der Waals surface area contributed by atoms with Gasteiger partial charge >= 0.3 is 0 Å². The molecular formula is C20H24N2O2. The highest BCUT2D eigenvalue weighted by molar-refractivity contribution is 5.77. The van der Waals surface area contributed by atoms with Crippen LogP contribution in [0.3, 0.4) is 0 Å². The van der Waals surface area contributed by atoms with Gasteiger partial charge in [0.05, 0.1) is 13.2 Å². The number of amides is 1. The van der Waals surface area contributed by atoms with E-state index in [1.54, 1.807) is 0 Å². The Morgan fingerprint density at radius 1 is 1.21 bits per heavy atom. The molecule has 4 nitrogen and oxygen atoms in total. The van der Waals surface area contributed by atoms with E-state index >= 15 is 0 Å². The van der Waals surface area contributed by atoms with Gasteiger partial charge in [-0.1, -0.05) is 54.6 Å². The average Bonchev–Trinajstić information content (AvgIpc) is 2.63. The lowest BCUT2D eigenvalue weighted by atomic mass is 10.0. The van der Waals surface area contributed by atoms with Crippen LogP contribution in [0.15, 0.2) is 54.6 Å². The second kappa shape index (κ2) is 7.60. The number of morpholine rings is 1. The van der Waals surface area contributed by atoms with Gasteiger partial charge in [-0.05, 0) is 23.6 Å². The highest BCUT2D eigenvalue weighted by Gasteiger charge is 2.27. The molecule has 3 rings (SSSR count). The molecule has 4 heteroatoms. The first-order valence-electron chi connectivity index (χ1n) is 8.40. The molecule has 126 valence electrons. The Labute approximate surface area is 143 Å². The number of nitrogens with zero attached hydrogens (tertiary/aromatic N) is 1. The highest BCUT2D eigenvalue weighted by atomic mass is 16.5. The number of nitrogens with two attached hydrogens (primary N) is 1. The topological polar surface area (TPSA) is 55.6 Å². The van der Waals surface area contributed by atoms with E-state index in [1.165, 1.54) is 5.56 Å². The summed E-state index contributed by atoms with van der Waals surface area (Å²) >= 11 is 0. The number of carbonyl (C=O) groups is 1. The molecule has 0 unspecified atom stereocenters. The minimum atomic E-state index is -0.265. The van der Waals surface area contributed by atoms with Crippen LogP contribution in [-0.2, 0) is 9.53 Å². The van der Waals surface area contributed by atoms with Gasteiger partial charge in [0.1, 0.15) is 6.10 Å². The van der Waals surface area contributed by atoms with Crippen molar-refractivity contribution in [1.29, 1.82) is 0 Å². The molecule has 2 aromatic carbocycles. The number of rotatable bonds is 4. The molecule has 24 heavy (non-hydrogen) atoms. The number of aryl methyl sites for hydroxylation is 1. The molecule has 2 N–H and O–H groups in total. The molecule has 0 aliphatic carbocycles. The van der Waals surface area contributed by atoms with Gasteiger partial charge in [-0.2, -0.15) is 0 Å². The summed E-state index contributed by atoms with van der Waals surface area (Å²) in [5, 5.41) is 0. The summed E-state index contributed by atoms with van der Waals surface area (Å²) in [4.78, 5) is 14.5. The molecular weight excluding hydrogens is 300 g/mol. The fraction of sp³-hybridized carbons (Fsp3) is 0.350. The van der Waals surface area contributed by atoms with Crippen LogP contribution in [0.25, 0.3) is 0 Å². The quantitative estimate of drug-likeness (QED) is 0.940. The summed E-state index contributed by atoms with van der Waals surface area (Å²) < 4.78 is 5.89. The Morgan fingerprint density at radius 2 is 1.92 bits per heavy atom. The largest absolute Gasteiger partial charge is 0.370 e. The second-order valence-electron chi connectivity index (χ2n) is 6.28. The molecule has 1 saturated heterocycles. The predicted molar refractivity (Wildman–Crippen MR) is 94.4 cm³/mol. The van der Waals surface area contributed by atoms with Crippen molar-refractivity contribution in [2.75, 3.05) is 19.7 Å². The first-order valence-corrected chi connectivity index (χ1v) is 8.40. The zero-order valence-corrected chi connectivity index (χ0v) is 14.0. The molecule has 1 heterocycles. The lowest BCUT2D eigenvalue weighted by Gasteiger charge is -2.34. The molecule has 0 saturated carbocycles. The number of carbonyl (C=O) groups excluding carboxylic acids is 1. The van der Waals surface area contributed by atoms with Crippen molar-refractivity contribution in [2.45, 2.75) is 25.5 Å². The molecule has 1 fully saturated rings. The number of ether oxygens (including phenoxy) is 1. The Balaban J connectivity index is 1.64. The van der Waals surface area contributed by atoms with Crippen molar-refractivity contribution in [3.63, 3.8) is 0 Å². The molecule has 0 aromatic heterocycles. The van der Waals surface area contributed by atoms with Crippen LogP contribution < -0.4 is 5.73 Å². The first kappa shape index (κ1) is 16.7. The second-order valence-corrected chi connectivity index (χ2v) is 6.28. The van der Waals surface area contributed by atoms with Crippen LogP contribution in [0.1, 0.15) is 35.3 Å². The van der Waals surface area contributed by atoms with E-state index in [0.717, 1.165) is 11.1 Å². The number of hydrogen-bond donors (Lipinski definition) is 1. The third-order valence-electron chi connectivity index (χ3n) is 4.58. The van der Waals surface area contributed by atoms with Gasteiger partial charge in [0.15, 0.2) is 0 Å². The first-order chi connectivity index (χ1) is 11.6. The highest BCUT2D eigenvalue weighted by Crippen LogP contribution is 2.26. The number of benzene rings is 2. The van der Waals surface area contributed by atoms with Crippen molar-refractivity contribution in [3.8, 4) is 0 Å². The molecule has 0 spiro atoms. The van der Waals surface area contributed by atoms with E-state index in [9.17, 15) is 4.79 Å². The summed E-state index contributed by atoms with van der Waals surface area (Å²) in [6, 6.07) is 17.7. The monoisotopic (exact) mass is 324 g/mol. The van der Waals surface area contributed by atoms with Crippen LogP contribution in [0.5, 0.6) is 0 Å². The fourth-order valence-electron chi connectivity index (χ4n) is 3.15. The average molecular weight is 324 g/mol. The van der Waals surface area contributed by atoms with Crippen molar-refractivity contribution in [2.24, 2.45) is 5.73 Å². The van der Waals surface area contributed by atoms with Crippen LogP contribution in [0, 0.1) is 6.92 Å². The van der Waals surface area contributed by atoms with E-state index in [4.69, 9.17) is 10.5 Å². The lowest BCUT2D eigenvalue weighted by molar-refractivity contribution is -0.139. The van der Waals surface area contributed by atoms with E-state index in [-0.39, 0.29) is 18.1 Å². The van der Waals surface area contributed by atoms with Gasteiger partial charge in [-0.3, -0.25) is 4.79 Å². The Hall–Kier alpha value is -2.17. The molecule has 1 aliphatic rings. The van der Waals surface area contributed by atoms with Gasteiger partial charge in [-0.15, -0.1) is 0 Å². The van der Waals surface area contributed by atoms with Crippen molar-refractivity contribution < 1.29 is 9.53 Å². The van der Waals surface area contributed by atoms with Gasteiger partial charge in [0.25, 0.3) is 0 Å². The summed E-state index contributed by atoms with van der Waals surface area (Å²) in [7, 11) is 0. The Bertz CT molecular complexity index is 687. The standard InChI is InChI=1S/C20H24N2O2/c1-15-7-5-6-10-17(15)19-14-22(11-12-24-19)20(23)13-18(21)16-8-3-2-4-9-16/h2-10,18-19H,11-14,21H2,1H3/t18-,19-/m1/s1. The summed E-state index contributed by atoms with van der Waals surface area (Å²) in [6.07, 6.45) is 0.265. The Kier molecular flexibility index (Phi) is 5.28. The fourth-order valence-corrected chi connectivity index (χ4v) is 3.15. The molecule has 0 bridgehead atoms. The van der Waals surface area contributed by atoms with Crippen molar-refractivity contribution >= 4 is 5.91 Å². The maximum Gasteiger partial charge on any atom is 0.224 e. The van der Waals surface area contributed by atoms with E-state index in [1.807, 2.05) is 47.4 Å². The molecule has 1 amide bonds. The minimum absolute atomic E-state index is 0.0585. The van der Waals surface area contributed by atoms with Crippen molar-refractivity contribution in [3.05, 3.63) is 71.3 Å². The maximum atomic E-state index is 12.6. The van der Waals surface area contributed by atoms with Gasteiger partial charge in [0, 0.05) is 19.0 Å². The number of hydrogen-bond acceptors (Lipinski definition) is 3. The summed E-state index contributed by atoms with van der Waals surface area (Å²) in [5.41, 5.74) is 9.54. The summed E-state index contributed by atoms with van der Waals surface area (Å²) in [6.45, 7) is 3.85. The van der Waals surface area contributed by atoms with Crippen LogP contribution in [-0.4, -0.2) is 30.5 Å². The Morgan fingerprint density at radius 3 is 2.67 bits per heavy atom. The third-order valence-corrected chi connectivity index (χ3v) is 4.58. The minimum Gasteiger partial charge on any atom is -0.370 e. The smallest absolute Gasteiger partial charge is 0.224 e. The zero-order chi connectivity index (χ0) is 16.9. The van der Waals surface area contributed by atoms with Gasteiger partial charge < -0.3 is 15.4 Å². The van der Waals surface area contributed by atoms with Crippen molar-refractivity contribution in [1.82, 2.24) is 4.90 Å². The normalized spacial score (nSPS) is 19.1. The third kappa shape index (κ3) is 3.83. The van der Waals surface area contributed by atoms with E-state index in [0.29, 0.717) is 26.1 Å². The maximum absolute atomic E-state index is 12.6. The molecule has 0 radical (unpaired) electrons. The van der Waals surface area contributed by atoms with E-state index in [2.05, 4.69) is 19.1 Å². The molecule has 2 atom stereocenters. The van der Waals surface area contributed by atoms with Crippen LogP contribution >= 0.6 is 0 Å². The zero-order valence-electron chi connectivity index (χ0n) is 14.0. The van der Waals surface area contributed by atoms with Crippen LogP contribution in [0.2, 0.25) is 0 Å². The van der Waals surface area contributed by atoms with E-state index < -0.39 is 0 Å². The van der Waals surface area contributed by atoms with Crippen LogP contribution in [0.4, 0.5) is 0 Å².